The third-order valence-corrected chi connectivity index (χ3v) is 3.36. The van der Waals surface area contributed by atoms with E-state index in [0.29, 0.717) is 0 Å². The Balaban J connectivity index is 2.31. The van der Waals surface area contributed by atoms with E-state index < -0.39 is 18.1 Å². The van der Waals surface area contributed by atoms with Crippen LogP contribution in [-0.4, -0.2) is 44.3 Å². The van der Waals surface area contributed by atoms with Gasteiger partial charge in [-0.3, -0.25) is 4.90 Å². The number of hydrogen-bond acceptors (Lipinski definition) is 5. The van der Waals surface area contributed by atoms with Crippen molar-refractivity contribution in [3.63, 3.8) is 0 Å². The molecule has 0 saturated heterocycles. The Labute approximate surface area is 122 Å². The maximum absolute atomic E-state index is 12.0. The van der Waals surface area contributed by atoms with Gasteiger partial charge in [0.05, 0.1) is 27.4 Å². The highest BCUT2D eigenvalue weighted by Gasteiger charge is 2.39. The number of ether oxygens (including phenoxy) is 3. The van der Waals surface area contributed by atoms with Crippen LogP contribution in [0.2, 0.25) is 0 Å². The van der Waals surface area contributed by atoms with Crippen LogP contribution in [0.3, 0.4) is 0 Å². The monoisotopic (exact) mass is 291 g/mol. The largest absolute Gasteiger partial charge is 0.497 e. The maximum Gasteiger partial charge on any atom is 0.411 e. The van der Waals surface area contributed by atoms with Crippen LogP contribution in [0.1, 0.15) is 11.6 Å². The number of methoxy groups -OCH3 is 3. The first-order valence-corrected chi connectivity index (χ1v) is 6.38. The summed E-state index contributed by atoms with van der Waals surface area (Å²) in [5, 5.41) is 0. The molecule has 0 unspecified atom stereocenters. The molecule has 0 aliphatic carbocycles. The molecule has 1 aromatic rings. The minimum atomic E-state index is -0.783. The zero-order chi connectivity index (χ0) is 15.4. The van der Waals surface area contributed by atoms with Crippen molar-refractivity contribution >= 4 is 12.1 Å². The first-order valence-electron chi connectivity index (χ1n) is 6.38. The highest BCUT2D eigenvalue weighted by molar-refractivity contribution is 5.85. The molecule has 0 aromatic heterocycles. The van der Waals surface area contributed by atoms with Gasteiger partial charge in [-0.15, -0.1) is 0 Å². The number of amides is 1. The molecule has 0 N–H and O–H groups in total. The number of carbonyl (C=O) groups is 2. The maximum atomic E-state index is 12.0. The molecule has 6 heteroatoms. The molecule has 21 heavy (non-hydrogen) atoms. The molecule has 6 nitrogen and oxygen atoms in total. The predicted molar refractivity (Wildman–Crippen MR) is 74.9 cm³/mol. The molecule has 0 spiro atoms. The summed E-state index contributed by atoms with van der Waals surface area (Å²) >= 11 is 0. The molecule has 0 saturated carbocycles. The summed E-state index contributed by atoms with van der Waals surface area (Å²) in [6, 6.07) is 6.10. The summed E-state index contributed by atoms with van der Waals surface area (Å²) < 4.78 is 14.6. The topological polar surface area (TPSA) is 65.1 Å². The Morgan fingerprint density at radius 3 is 2.19 bits per heavy atom. The number of hydrogen-bond donors (Lipinski definition) is 0. The van der Waals surface area contributed by atoms with Gasteiger partial charge in [0.2, 0.25) is 0 Å². The molecule has 2 rings (SSSR count). The van der Waals surface area contributed by atoms with Crippen molar-refractivity contribution in [3.05, 3.63) is 42.0 Å². The lowest BCUT2D eigenvalue weighted by Gasteiger charge is -2.28. The minimum absolute atomic E-state index is 0.382. The van der Waals surface area contributed by atoms with Crippen LogP contribution < -0.4 is 4.74 Å². The normalized spacial score (nSPS) is 20.2. The molecule has 1 heterocycles. The lowest BCUT2D eigenvalue weighted by molar-refractivity contribution is -0.144. The molecule has 1 aliphatic heterocycles. The second-order valence-electron chi connectivity index (χ2n) is 4.45. The molecule has 0 fully saturated rings. The van der Waals surface area contributed by atoms with E-state index in [9.17, 15) is 9.59 Å². The van der Waals surface area contributed by atoms with Crippen LogP contribution in [0.25, 0.3) is 0 Å². The van der Waals surface area contributed by atoms with E-state index in [4.69, 9.17) is 14.2 Å². The van der Waals surface area contributed by atoms with Gasteiger partial charge in [0, 0.05) is 0 Å². The molecule has 2 atom stereocenters. The van der Waals surface area contributed by atoms with E-state index in [-0.39, 0.29) is 6.04 Å². The van der Waals surface area contributed by atoms with Crippen LogP contribution in [0.5, 0.6) is 5.75 Å². The molecular formula is C15H17NO5. The van der Waals surface area contributed by atoms with Crippen LogP contribution >= 0.6 is 0 Å². The first-order chi connectivity index (χ1) is 10.1. The van der Waals surface area contributed by atoms with Gasteiger partial charge in [-0.25, -0.2) is 9.59 Å². The van der Waals surface area contributed by atoms with E-state index in [1.54, 1.807) is 31.4 Å². The standard InChI is InChI=1S/C15H17NO5/c1-19-11-6-4-10(5-7-11)12-8-9-13(14(17)20-2)16(12)15(18)21-3/h4-9,12-13H,1-3H3/t12-,13-/m0/s1. The smallest absolute Gasteiger partial charge is 0.411 e. The highest BCUT2D eigenvalue weighted by atomic mass is 16.5. The van der Waals surface area contributed by atoms with Gasteiger partial charge in [0.15, 0.2) is 6.04 Å². The third kappa shape index (κ3) is 2.84. The van der Waals surface area contributed by atoms with Gasteiger partial charge in [-0.2, -0.15) is 0 Å². The quantitative estimate of drug-likeness (QED) is 0.629. The first kappa shape index (κ1) is 14.9. The fourth-order valence-electron chi connectivity index (χ4n) is 2.29. The number of carbonyl (C=O) groups excluding carboxylic acids is 2. The number of nitrogens with zero attached hydrogens (tertiary/aromatic N) is 1. The zero-order valence-corrected chi connectivity index (χ0v) is 12.1. The summed E-state index contributed by atoms with van der Waals surface area (Å²) in [6.45, 7) is 0. The van der Waals surface area contributed by atoms with Crippen LogP contribution in [-0.2, 0) is 14.3 Å². The molecule has 0 radical (unpaired) electrons. The summed E-state index contributed by atoms with van der Waals surface area (Å²) in [6.07, 6.45) is 2.83. The molecular weight excluding hydrogens is 274 g/mol. The van der Waals surface area contributed by atoms with E-state index in [1.807, 2.05) is 12.1 Å². The Morgan fingerprint density at radius 1 is 1.00 bits per heavy atom. The van der Waals surface area contributed by atoms with Crippen LogP contribution in [0.15, 0.2) is 36.4 Å². The fraction of sp³-hybridized carbons (Fsp3) is 0.333. The van der Waals surface area contributed by atoms with Crippen LogP contribution in [0, 0.1) is 0 Å². The van der Waals surface area contributed by atoms with Crippen molar-refractivity contribution in [1.82, 2.24) is 4.90 Å². The van der Waals surface area contributed by atoms with E-state index in [0.717, 1.165) is 11.3 Å². The van der Waals surface area contributed by atoms with Crippen molar-refractivity contribution < 1.29 is 23.8 Å². The van der Waals surface area contributed by atoms with E-state index >= 15 is 0 Å². The summed E-state index contributed by atoms with van der Waals surface area (Å²) in [5.41, 5.74) is 0.851. The molecule has 1 aliphatic rings. The SMILES string of the molecule is COC(=O)[C@@H]1C=C[C@@H](c2ccc(OC)cc2)N1C(=O)OC. The predicted octanol–water partition coefficient (Wildman–Crippen LogP) is 1.92. The fourth-order valence-corrected chi connectivity index (χ4v) is 2.29. The van der Waals surface area contributed by atoms with Gasteiger partial charge in [-0.05, 0) is 17.7 Å². The minimum Gasteiger partial charge on any atom is -0.497 e. The number of rotatable bonds is 3. The molecule has 1 amide bonds. The van der Waals surface area contributed by atoms with Gasteiger partial charge in [0.25, 0.3) is 0 Å². The Hall–Kier alpha value is -2.50. The summed E-state index contributed by atoms with van der Waals surface area (Å²) in [5.74, 6) is 0.211. The highest BCUT2D eigenvalue weighted by Crippen LogP contribution is 2.32. The van der Waals surface area contributed by atoms with Crippen molar-refractivity contribution in [1.29, 1.82) is 0 Å². The Morgan fingerprint density at radius 2 is 1.67 bits per heavy atom. The second kappa shape index (κ2) is 6.30. The summed E-state index contributed by atoms with van der Waals surface area (Å²) in [4.78, 5) is 25.1. The third-order valence-electron chi connectivity index (χ3n) is 3.36. The molecule has 112 valence electrons. The lowest BCUT2D eigenvalue weighted by Crippen LogP contribution is -2.42. The van der Waals surface area contributed by atoms with Crippen LogP contribution in [0.4, 0.5) is 4.79 Å². The van der Waals surface area contributed by atoms with Crippen molar-refractivity contribution in [2.45, 2.75) is 12.1 Å². The van der Waals surface area contributed by atoms with Gasteiger partial charge in [0.1, 0.15) is 5.75 Å². The number of benzene rings is 1. The van der Waals surface area contributed by atoms with Gasteiger partial charge < -0.3 is 14.2 Å². The molecule has 1 aromatic carbocycles. The van der Waals surface area contributed by atoms with Crippen molar-refractivity contribution in [3.8, 4) is 5.75 Å². The number of esters is 1. The van der Waals surface area contributed by atoms with Crippen molar-refractivity contribution in [2.24, 2.45) is 0 Å². The van der Waals surface area contributed by atoms with Gasteiger partial charge >= 0.3 is 12.1 Å². The van der Waals surface area contributed by atoms with E-state index in [2.05, 4.69) is 0 Å². The average molecular weight is 291 g/mol. The van der Waals surface area contributed by atoms with Gasteiger partial charge in [-0.1, -0.05) is 24.3 Å². The second-order valence-corrected chi connectivity index (χ2v) is 4.45. The Bertz CT molecular complexity index is 552. The molecule has 0 bridgehead atoms. The Kier molecular flexibility index (Phi) is 4.47. The lowest BCUT2D eigenvalue weighted by atomic mass is 10.1. The van der Waals surface area contributed by atoms with E-state index in [1.165, 1.54) is 19.1 Å². The average Bonchev–Trinajstić information content (AvgIpc) is 2.98. The van der Waals surface area contributed by atoms with Crippen molar-refractivity contribution in [2.75, 3.05) is 21.3 Å². The zero-order valence-electron chi connectivity index (χ0n) is 12.1. The summed E-state index contributed by atoms with van der Waals surface area (Å²) in [7, 11) is 4.14.